The Hall–Kier alpha value is -4.17. The summed E-state index contributed by atoms with van der Waals surface area (Å²) in [4.78, 5) is 74.3. The quantitative estimate of drug-likeness (QED) is 0.233. The highest BCUT2D eigenvalue weighted by Crippen LogP contribution is 2.34. The van der Waals surface area contributed by atoms with Crippen LogP contribution in [-0.4, -0.2) is 76.1 Å². The van der Waals surface area contributed by atoms with Gasteiger partial charge < -0.3 is 29.9 Å². The zero-order valence-corrected chi connectivity index (χ0v) is 22.4. The van der Waals surface area contributed by atoms with Crippen LogP contribution in [0.15, 0.2) is 35.3 Å². The SMILES string of the molecule is CCOC(=O)C=CCC[C@H](NC(=O)CCC(=O)O)C(=O)Nc1cccn(CC(=O)N2CCC(C(F)(F)F)CC2)c1=O. The van der Waals surface area contributed by atoms with Crippen molar-refractivity contribution in [2.75, 3.05) is 25.0 Å². The largest absolute Gasteiger partial charge is 0.481 e. The number of nitrogens with one attached hydrogen (secondary N) is 2. The average molecular weight is 587 g/mol. The van der Waals surface area contributed by atoms with E-state index in [2.05, 4.69) is 10.6 Å². The Balaban J connectivity index is 2.08. The van der Waals surface area contributed by atoms with E-state index < -0.39 is 72.7 Å². The fraction of sp³-hybridized carbons (Fsp3) is 0.538. The van der Waals surface area contributed by atoms with Crippen molar-refractivity contribution in [3.05, 3.63) is 40.8 Å². The summed E-state index contributed by atoms with van der Waals surface area (Å²) in [5.41, 5.74) is -0.967. The Morgan fingerprint density at radius 3 is 2.46 bits per heavy atom. The number of alkyl halides is 3. The molecule has 12 nitrogen and oxygen atoms in total. The van der Waals surface area contributed by atoms with Gasteiger partial charge in [0.2, 0.25) is 17.7 Å². The van der Waals surface area contributed by atoms with Gasteiger partial charge >= 0.3 is 18.1 Å². The van der Waals surface area contributed by atoms with E-state index in [1.807, 2.05) is 0 Å². The summed E-state index contributed by atoms with van der Waals surface area (Å²) in [6.45, 7) is 1.16. The Bertz CT molecular complexity index is 1190. The molecule has 1 fully saturated rings. The van der Waals surface area contributed by atoms with Crippen LogP contribution in [0.3, 0.4) is 0 Å². The lowest BCUT2D eigenvalue weighted by atomic mass is 9.96. The number of esters is 1. The number of allylic oxidation sites excluding steroid dienone is 1. The molecule has 1 saturated heterocycles. The van der Waals surface area contributed by atoms with E-state index in [1.165, 1.54) is 29.3 Å². The molecule has 0 aliphatic carbocycles. The van der Waals surface area contributed by atoms with Crippen molar-refractivity contribution in [1.82, 2.24) is 14.8 Å². The van der Waals surface area contributed by atoms with Gasteiger partial charge in [-0.3, -0.25) is 24.0 Å². The summed E-state index contributed by atoms with van der Waals surface area (Å²) >= 11 is 0. The summed E-state index contributed by atoms with van der Waals surface area (Å²) in [5.74, 6) is -5.34. The first-order chi connectivity index (χ1) is 19.3. The van der Waals surface area contributed by atoms with Gasteiger partial charge in [-0.25, -0.2) is 4.79 Å². The maximum absolute atomic E-state index is 13.0. The number of rotatable bonds is 13. The Morgan fingerprint density at radius 1 is 1.17 bits per heavy atom. The lowest BCUT2D eigenvalue weighted by Gasteiger charge is -2.33. The number of amides is 3. The topological polar surface area (TPSA) is 164 Å². The molecule has 15 heteroatoms. The highest BCUT2D eigenvalue weighted by Gasteiger charge is 2.41. The molecule has 2 heterocycles. The number of aliphatic carboxylic acids is 1. The first-order valence-electron chi connectivity index (χ1n) is 13.0. The Kier molecular flexibility index (Phi) is 12.5. The lowest BCUT2D eigenvalue weighted by Crippen LogP contribution is -2.45. The lowest BCUT2D eigenvalue weighted by molar-refractivity contribution is -0.186. The number of halogens is 3. The second-order valence-corrected chi connectivity index (χ2v) is 9.29. The number of hydrogen-bond donors (Lipinski definition) is 3. The number of anilines is 1. The standard InChI is InChI=1S/C26H33F3N4O8/c1-2-41-23(38)8-4-3-6-18(30-20(34)9-10-22(36)37)24(39)31-19-7-5-13-33(25(19)40)16-21(35)32-14-11-17(12-15-32)26(27,28)29/h4-5,7-8,13,17-18H,2-3,6,9-12,14-16H2,1H3,(H,30,34)(H,31,39)(H,36,37)/t18-/m0/s1. The third-order valence-corrected chi connectivity index (χ3v) is 6.27. The molecule has 2 rings (SSSR count). The number of ether oxygens (including phenoxy) is 1. The molecule has 41 heavy (non-hydrogen) atoms. The van der Waals surface area contributed by atoms with Crippen LogP contribution in [-0.2, 0) is 35.3 Å². The van der Waals surface area contributed by atoms with Crippen molar-refractivity contribution in [2.24, 2.45) is 5.92 Å². The molecule has 0 unspecified atom stereocenters. The third-order valence-electron chi connectivity index (χ3n) is 6.27. The van der Waals surface area contributed by atoms with Crippen molar-refractivity contribution >= 4 is 35.3 Å². The van der Waals surface area contributed by atoms with Crippen LogP contribution in [0.4, 0.5) is 18.9 Å². The average Bonchev–Trinajstić information content (AvgIpc) is 2.91. The molecule has 1 atom stereocenters. The fourth-order valence-electron chi connectivity index (χ4n) is 4.07. The molecule has 3 amide bonds. The second kappa shape index (κ2) is 15.6. The van der Waals surface area contributed by atoms with Gasteiger partial charge in [-0.05, 0) is 44.7 Å². The van der Waals surface area contributed by atoms with Crippen LogP contribution in [0.2, 0.25) is 0 Å². The molecule has 0 spiro atoms. The molecule has 3 N–H and O–H groups in total. The zero-order valence-electron chi connectivity index (χ0n) is 22.4. The molecule has 1 aliphatic heterocycles. The number of carboxylic acid groups (broad SMARTS) is 1. The fourth-order valence-corrected chi connectivity index (χ4v) is 4.07. The molecule has 0 radical (unpaired) electrons. The van der Waals surface area contributed by atoms with Crippen molar-refractivity contribution in [2.45, 2.75) is 64.2 Å². The smallest absolute Gasteiger partial charge is 0.391 e. The molecular weight excluding hydrogens is 553 g/mol. The number of carbonyl (C=O) groups excluding carboxylic acids is 4. The van der Waals surface area contributed by atoms with Gasteiger partial charge in [-0.15, -0.1) is 0 Å². The maximum Gasteiger partial charge on any atom is 0.391 e. The van der Waals surface area contributed by atoms with Crippen LogP contribution < -0.4 is 16.2 Å². The summed E-state index contributed by atoms with van der Waals surface area (Å²) in [6, 6.07) is 1.47. The molecule has 0 aromatic carbocycles. The van der Waals surface area contributed by atoms with Crippen molar-refractivity contribution < 1.29 is 47.0 Å². The number of carboxylic acids is 1. The van der Waals surface area contributed by atoms with Gasteiger partial charge in [0.15, 0.2) is 0 Å². The van der Waals surface area contributed by atoms with Gasteiger partial charge in [0.1, 0.15) is 18.3 Å². The van der Waals surface area contributed by atoms with Gasteiger partial charge in [0.25, 0.3) is 5.56 Å². The third kappa shape index (κ3) is 11.1. The predicted octanol–water partition coefficient (Wildman–Crippen LogP) is 1.84. The second-order valence-electron chi connectivity index (χ2n) is 9.29. The molecule has 0 bridgehead atoms. The number of nitrogens with zero attached hydrogens (tertiary/aromatic N) is 2. The first kappa shape index (κ1) is 33.0. The zero-order chi connectivity index (χ0) is 30.6. The van der Waals surface area contributed by atoms with E-state index in [0.29, 0.717) is 0 Å². The van der Waals surface area contributed by atoms with Crippen molar-refractivity contribution in [3.63, 3.8) is 0 Å². The van der Waals surface area contributed by atoms with Gasteiger partial charge in [0.05, 0.1) is 18.9 Å². The minimum Gasteiger partial charge on any atom is -0.481 e. The van der Waals surface area contributed by atoms with Gasteiger partial charge in [-0.1, -0.05) is 6.08 Å². The summed E-state index contributed by atoms with van der Waals surface area (Å²) in [5, 5.41) is 13.6. The number of piperidine rings is 1. The van der Waals surface area contributed by atoms with Crippen LogP contribution in [0, 0.1) is 5.92 Å². The normalized spacial score (nSPS) is 14.9. The van der Waals surface area contributed by atoms with Crippen molar-refractivity contribution in [3.8, 4) is 0 Å². The molecule has 0 saturated carbocycles. The van der Waals surface area contributed by atoms with E-state index in [0.717, 1.165) is 10.6 Å². The minimum atomic E-state index is -4.33. The summed E-state index contributed by atoms with van der Waals surface area (Å²) in [6.07, 6.45) is -1.62. The van der Waals surface area contributed by atoms with Crippen LogP contribution in [0.25, 0.3) is 0 Å². The maximum atomic E-state index is 13.0. The molecule has 1 aromatic rings. The predicted molar refractivity (Wildman–Crippen MR) is 138 cm³/mol. The Labute approximate surface area is 233 Å². The first-order valence-corrected chi connectivity index (χ1v) is 13.0. The van der Waals surface area contributed by atoms with E-state index in [-0.39, 0.29) is 51.1 Å². The van der Waals surface area contributed by atoms with Crippen LogP contribution in [0.1, 0.15) is 45.4 Å². The highest BCUT2D eigenvalue weighted by molar-refractivity contribution is 5.97. The van der Waals surface area contributed by atoms with Gasteiger partial charge in [-0.2, -0.15) is 13.2 Å². The van der Waals surface area contributed by atoms with E-state index >= 15 is 0 Å². The van der Waals surface area contributed by atoms with E-state index in [9.17, 15) is 41.9 Å². The number of carbonyl (C=O) groups is 5. The van der Waals surface area contributed by atoms with E-state index in [1.54, 1.807) is 6.92 Å². The number of likely N-dealkylation sites (tertiary alicyclic amines) is 1. The van der Waals surface area contributed by atoms with E-state index in [4.69, 9.17) is 9.84 Å². The number of pyridine rings is 1. The summed E-state index contributed by atoms with van der Waals surface area (Å²) in [7, 11) is 0. The van der Waals surface area contributed by atoms with Crippen molar-refractivity contribution in [1.29, 1.82) is 0 Å². The van der Waals surface area contributed by atoms with Gasteiger partial charge in [0, 0.05) is 31.8 Å². The summed E-state index contributed by atoms with van der Waals surface area (Å²) < 4.78 is 44.5. The highest BCUT2D eigenvalue weighted by atomic mass is 19.4. The molecule has 1 aliphatic rings. The number of hydrogen-bond acceptors (Lipinski definition) is 7. The monoisotopic (exact) mass is 586 g/mol. The molecular formula is C26H33F3N4O8. The minimum absolute atomic E-state index is 0.00601. The van der Waals surface area contributed by atoms with Crippen LogP contribution >= 0.6 is 0 Å². The molecule has 1 aromatic heterocycles. The van der Waals surface area contributed by atoms with Crippen LogP contribution in [0.5, 0.6) is 0 Å². The number of aromatic nitrogens is 1. The molecule has 226 valence electrons. The Morgan fingerprint density at radius 2 is 1.85 bits per heavy atom.